The Kier molecular flexibility index (Phi) is 4.05. The monoisotopic (exact) mass is 304 g/mol. The number of benzene rings is 1. The van der Waals surface area contributed by atoms with Crippen molar-refractivity contribution < 1.29 is 8.81 Å². The first-order valence-electron chi connectivity index (χ1n) is 6.85. The largest absolute Gasteiger partial charge is 0.459 e. The molecule has 1 unspecified atom stereocenters. The lowest BCUT2D eigenvalue weighted by Crippen LogP contribution is -2.28. The van der Waals surface area contributed by atoms with E-state index in [2.05, 4.69) is 22.3 Å². The molecule has 0 radical (unpaired) electrons. The number of hydrogen-bond donors (Lipinski definition) is 2. The van der Waals surface area contributed by atoms with Crippen LogP contribution in [0.1, 0.15) is 29.3 Å². The van der Waals surface area contributed by atoms with Crippen LogP contribution in [0.5, 0.6) is 0 Å². The molecular weight excluding hydrogens is 287 g/mol. The first-order chi connectivity index (χ1) is 10.2. The van der Waals surface area contributed by atoms with Gasteiger partial charge in [-0.1, -0.05) is 0 Å². The van der Waals surface area contributed by atoms with Crippen molar-refractivity contribution in [1.82, 2.24) is 5.43 Å². The predicted molar refractivity (Wildman–Crippen MR) is 83.6 cm³/mol. The average Bonchev–Trinajstić information content (AvgIpc) is 3.10. The van der Waals surface area contributed by atoms with E-state index in [0.29, 0.717) is 5.58 Å². The van der Waals surface area contributed by atoms with Crippen molar-refractivity contribution in [2.24, 2.45) is 5.84 Å². The van der Waals surface area contributed by atoms with E-state index in [4.69, 9.17) is 10.3 Å². The zero-order chi connectivity index (χ0) is 14.8. The van der Waals surface area contributed by atoms with Crippen molar-refractivity contribution in [2.45, 2.75) is 25.8 Å². The summed E-state index contributed by atoms with van der Waals surface area (Å²) in [5, 5.41) is 5.00. The van der Waals surface area contributed by atoms with Crippen molar-refractivity contribution >= 4 is 22.3 Å². The van der Waals surface area contributed by atoms with Crippen LogP contribution in [0.25, 0.3) is 11.0 Å². The molecule has 0 aliphatic heterocycles. The Morgan fingerprint density at radius 2 is 2.24 bits per heavy atom. The molecule has 110 valence electrons. The normalized spacial score (nSPS) is 12.9. The number of fused-ring (bicyclic) bond motifs is 1. The predicted octanol–water partition coefficient (Wildman–Crippen LogP) is 4.08. The topological polar surface area (TPSA) is 51.2 Å². The molecule has 3 N–H and O–H groups in total. The van der Waals surface area contributed by atoms with E-state index in [1.54, 1.807) is 17.4 Å². The molecule has 5 heteroatoms. The summed E-state index contributed by atoms with van der Waals surface area (Å²) in [6, 6.07) is 6.60. The second-order valence-corrected chi connectivity index (χ2v) is 5.90. The molecule has 0 spiro atoms. The third-order valence-corrected chi connectivity index (χ3v) is 4.49. The quantitative estimate of drug-likeness (QED) is 0.551. The highest BCUT2D eigenvalue weighted by Gasteiger charge is 2.19. The summed E-state index contributed by atoms with van der Waals surface area (Å²) in [5.41, 5.74) is 5.74. The summed E-state index contributed by atoms with van der Waals surface area (Å²) in [7, 11) is 0. The molecule has 0 fully saturated rings. The third-order valence-electron chi connectivity index (χ3n) is 3.75. The number of rotatable bonds is 5. The molecule has 3 nitrogen and oxygen atoms in total. The molecule has 3 aromatic rings. The van der Waals surface area contributed by atoms with Gasteiger partial charge in [-0.25, -0.2) is 9.82 Å². The summed E-state index contributed by atoms with van der Waals surface area (Å²) >= 11 is 1.69. The fourth-order valence-corrected chi connectivity index (χ4v) is 3.28. The summed E-state index contributed by atoms with van der Waals surface area (Å²) in [6.07, 6.45) is 1.75. The van der Waals surface area contributed by atoms with Crippen LogP contribution in [-0.4, -0.2) is 0 Å². The zero-order valence-corrected chi connectivity index (χ0v) is 12.5. The maximum atomic E-state index is 13.4. The van der Waals surface area contributed by atoms with Crippen LogP contribution >= 0.6 is 11.3 Å². The van der Waals surface area contributed by atoms with Gasteiger partial charge >= 0.3 is 0 Å². The molecule has 1 aromatic carbocycles. The first-order valence-corrected chi connectivity index (χ1v) is 7.79. The average molecular weight is 304 g/mol. The number of halogens is 1. The third kappa shape index (κ3) is 2.85. The van der Waals surface area contributed by atoms with E-state index < -0.39 is 0 Å². The number of nitrogens with two attached hydrogens (primary N) is 1. The molecule has 2 aromatic heterocycles. The maximum Gasteiger partial charge on any atom is 0.134 e. The van der Waals surface area contributed by atoms with Crippen molar-refractivity contribution in [3.8, 4) is 0 Å². The Labute approximate surface area is 126 Å². The van der Waals surface area contributed by atoms with Gasteiger partial charge in [0, 0.05) is 10.9 Å². The standard InChI is InChI=1S/C16H17FN2OS/c1-10-13-8-12(17)3-5-15(13)20-16(10)14(19-18)4-2-11-6-7-21-9-11/h3,5-9,14,19H,2,4,18H2,1H3. The Hall–Kier alpha value is -1.69. The molecule has 0 saturated heterocycles. The molecule has 0 aliphatic rings. The number of hydrazine groups is 1. The van der Waals surface area contributed by atoms with E-state index in [1.807, 2.05) is 6.92 Å². The van der Waals surface area contributed by atoms with Crippen molar-refractivity contribution in [3.63, 3.8) is 0 Å². The van der Waals surface area contributed by atoms with E-state index in [-0.39, 0.29) is 11.9 Å². The van der Waals surface area contributed by atoms with Gasteiger partial charge in [0.2, 0.25) is 0 Å². The molecule has 0 aliphatic carbocycles. The van der Waals surface area contributed by atoms with Crippen LogP contribution in [0.4, 0.5) is 4.39 Å². The van der Waals surface area contributed by atoms with Crippen LogP contribution in [0.15, 0.2) is 39.4 Å². The van der Waals surface area contributed by atoms with Gasteiger partial charge in [0.05, 0.1) is 6.04 Å². The van der Waals surface area contributed by atoms with Gasteiger partial charge in [-0.05, 0) is 60.4 Å². The van der Waals surface area contributed by atoms with Gasteiger partial charge in [-0.15, -0.1) is 0 Å². The second kappa shape index (κ2) is 5.97. The van der Waals surface area contributed by atoms with Gasteiger partial charge in [0.25, 0.3) is 0 Å². The van der Waals surface area contributed by atoms with Crippen molar-refractivity contribution in [1.29, 1.82) is 0 Å². The Morgan fingerprint density at radius 3 is 2.95 bits per heavy atom. The fourth-order valence-electron chi connectivity index (χ4n) is 2.58. The number of furan rings is 1. The number of thiophene rings is 1. The zero-order valence-electron chi connectivity index (χ0n) is 11.7. The van der Waals surface area contributed by atoms with Crippen LogP contribution < -0.4 is 11.3 Å². The fraction of sp³-hybridized carbons (Fsp3) is 0.250. The van der Waals surface area contributed by atoms with E-state index in [9.17, 15) is 4.39 Å². The SMILES string of the molecule is Cc1c(C(CCc2ccsc2)NN)oc2ccc(F)cc12. The Bertz CT molecular complexity index is 736. The molecule has 3 rings (SSSR count). The van der Waals surface area contributed by atoms with Gasteiger partial charge in [-0.3, -0.25) is 5.84 Å². The van der Waals surface area contributed by atoms with Crippen LogP contribution in [0.3, 0.4) is 0 Å². The number of hydrogen-bond acceptors (Lipinski definition) is 4. The summed E-state index contributed by atoms with van der Waals surface area (Å²) < 4.78 is 19.2. The minimum absolute atomic E-state index is 0.0830. The molecule has 1 atom stereocenters. The van der Waals surface area contributed by atoms with E-state index in [1.165, 1.54) is 17.7 Å². The molecule has 0 bridgehead atoms. The lowest BCUT2D eigenvalue weighted by molar-refractivity contribution is 0.414. The molecular formula is C16H17FN2OS. The van der Waals surface area contributed by atoms with Gasteiger partial charge in [-0.2, -0.15) is 11.3 Å². The summed E-state index contributed by atoms with van der Waals surface area (Å²) in [4.78, 5) is 0. The molecule has 21 heavy (non-hydrogen) atoms. The Balaban J connectivity index is 1.87. The summed E-state index contributed by atoms with van der Waals surface area (Å²) in [6.45, 7) is 1.94. The molecule has 0 saturated carbocycles. The van der Waals surface area contributed by atoms with E-state index in [0.717, 1.165) is 29.6 Å². The molecule has 2 heterocycles. The lowest BCUT2D eigenvalue weighted by Gasteiger charge is -2.13. The molecule has 0 amide bonds. The minimum Gasteiger partial charge on any atom is -0.459 e. The van der Waals surface area contributed by atoms with Crippen LogP contribution in [0, 0.1) is 12.7 Å². The highest BCUT2D eigenvalue weighted by molar-refractivity contribution is 7.07. The summed E-state index contributed by atoms with van der Waals surface area (Å²) in [5.74, 6) is 6.21. The second-order valence-electron chi connectivity index (χ2n) is 5.12. The van der Waals surface area contributed by atoms with Gasteiger partial charge < -0.3 is 4.42 Å². The number of aryl methyl sites for hydroxylation is 2. The number of nitrogens with one attached hydrogen (secondary N) is 1. The minimum atomic E-state index is -0.256. The first kappa shape index (κ1) is 14.3. The van der Waals surface area contributed by atoms with Crippen molar-refractivity contribution in [2.75, 3.05) is 0 Å². The van der Waals surface area contributed by atoms with Crippen LogP contribution in [-0.2, 0) is 6.42 Å². The van der Waals surface area contributed by atoms with Crippen LogP contribution in [0.2, 0.25) is 0 Å². The highest BCUT2D eigenvalue weighted by Crippen LogP contribution is 2.31. The van der Waals surface area contributed by atoms with E-state index >= 15 is 0 Å². The Morgan fingerprint density at radius 1 is 1.38 bits per heavy atom. The maximum absolute atomic E-state index is 13.4. The lowest BCUT2D eigenvalue weighted by atomic mass is 10.0. The van der Waals surface area contributed by atoms with Gasteiger partial charge in [0.1, 0.15) is 17.2 Å². The van der Waals surface area contributed by atoms with Crippen molar-refractivity contribution in [3.05, 3.63) is 57.7 Å². The highest BCUT2D eigenvalue weighted by atomic mass is 32.1. The smallest absolute Gasteiger partial charge is 0.134 e. The van der Waals surface area contributed by atoms with Gasteiger partial charge in [0.15, 0.2) is 0 Å².